The lowest BCUT2D eigenvalue weighted by molar-refractivity contribution is 0.448. The van der Waals surface area contributed by atoms with Crippen molar-refractivity contribution in [2.24, 2.45) is 0 Å². The first-order chi connectivity index (χ1) is 29.3. The Bertz CT molecular complexity index is 2910. The van der Waals surface area contributed by atoms with Crippen molar-refractivity contribution in [1.82, 2.24) is 9.97 Å². The van der Waals surface area contributed by atoms with E-state index in [0.29, 0.717) is 11.3 Å². The van der Waals surface area contributed by atoms with Crippen molar-refractivity contribution in [3.05, 3.63) is 223 Å². The fraction of sp³-hybridized carbons (Fsp3) is 0.0877. The average Bonchev–Trinajstić information content (AvgIpc) is 3.29. The highest BCUT2D eigenvalue weighted by Gasteiger charge is 2.22. The third-order valence-electron chi connectivity index (χ3n) is 11.2. The lowest BCUT2D eigenvalue weighted by Gasteiger charge is -2.22. The molecule has 0 unspecified atom stereocenters. The Labute approximate surface area is 353 Å². The quantitative estimate of drug-likeness (QED) is 0.159. The van der Waals surface area contributed by atoms with E-state index in [2.05, 4.69) is 191 Å². The highest BCUT2D eigenvalue weighted by molar-refractivity contribution is 5.89. The van der Waals surface area contributed by atoms with Crippen LogP contribution in [0.3, 0.4) is 0 Å². The SMILES string of the molecule is CC(C)(C)c1cccc(-c2cc(-c3ccccc3-c3ccccc3)cc(-c3cc(-c4ccc(Cc5ccccc5)cc4)cc(-c4cc(-c5ccccc5)ccn4)c3)n2)c1O. The summed E-state index contributed by atoms with van der Waals surface area (Å²) in [5.41, 5.74) is 17.0. The lowest BCUT2D eigenvalue weighted by Crippen LogP contribution is -2.11. The number of phenols is 1. The largest absolute Gasteiger partial charge is 0.507 e. The molecule has 0 radical (unpaired) electrons. The molecule has 2 aromatic heterocycles. The molecular formula is C57H46N2O. The molecule has 3 heteroatoms. The zero-order valence-electron chi connectivity index (χ0n) is 34.2. The van der Waals surface area contributed by atoms with Gasteiger partial charge in [0.2, 0.25) is 0 Å². The molecule has 3 nitrogen and oxygen atoms in total. The fourth-order valence-corrected chi connectivity index (χ4v) is 8.07. The van der Waals surface area contributed by atoms with Crippen LogP contribution in [0.1, 0.15) is 37.5 Å². The molecular weight excluding hydrogens is 729 g/mol. The van der Waals surface area contributed by atoms with Gasteiger partial charge in [0.15, 0.2) is 0 Å². The van der Waals surface area contributed by atoms with Crippen LogP contribution >= 0.6 is 0 Å². The Kier molecular flexibility index (Phi) is 10.5. The zero-order valence-corrected chi connectivity index (χ0v) is 34.2. The van der Waals surface area contributed by atoms with Gasteiger partial charge < -0.3 is 5.11 Å². The van der Waals surface area contributed by atoms with Crippen molar-refractivity contribution in [2.75, 3.05) is 0 Å². The number of aromatic hydroxyl groups is 1. The first kappa shape index (κ1) is 38.2. The van der Waals surface area contributed by atoms with E-state index in [-0.39, 0.29) is 11.2 Å². The first-order valence-electron chi connectivity index (χ1n) is 20.6. The van der Waals surface area contributed by atoms with Crippen LogP contribution in [-0.4, -0.2) is 15.1 Å². The number of phenolic OH excluding ortho intramolecular Hbond substituents is 1. The van der Waals surface area contributed by atoms with E-state index >= 15 is 0 Å². The molecule has 1 N–H and O–H groups in total. The summed E-state index contributed by atoms with van der Waals surface area (Å²) in [6, 6.07) is 70.2. The first-order valence-corrected chi connectivity index (χ1v) is 20.6. The van der Waals surface area contributed by atoms with Gasteiger partial charge in [0.05, 0.1) is 17.1 Å². The monoisotopic (exact) mass is 774 g/mol. The van der Waals surface area contributed by atoms with Crippen molar-refractivity contribution in [1.29, 1.82) is 0 Å². The Balaban J connectivity index is 1.25. The maximum atomic E-state index is 11.9. The molecule has 2 heterocycles. The number of rotatable bonds is 9. The fourth-order valence-electron chi connectivity index (χ4n) is 8.07. The molecule has 0 aliphatic carbocycles. The summed E-state index contributed by atoms with van der Waals surface area (Å²) < 4.78 is 0. The molecule has 60 heavy (non-hydrogen) atoms. The second kappa shape index (κ2) is 16.5. The predicted octanol–water partition coefficient (Wildman–Crippen LogP) is 14.7. The minimum Gasteiger partial charge on any atom is -0.507 e. The van der Waals surface area contributed by atoms with E-state index < -0.39 is 0 Å². The zero-order chi connectivity index (χ0) is 41.1. The molecule has 7 aromatic carbocycles. The van der Waals surface area contributed by atoms with Gasteiger partial charge in [0.1, 0.15) is 5.75 Å². The Hall–Kier alpha value is -7.36. The molecule has 290 valence electrons. The Morgan fingerprint density at radius 1 is 0.383 bits per heavy atom. The van der Waals surface area contributed by atoms with Gasteiger partial charge in [0.25, 0.3) is 0 Å². The topological polar surface area (TPSA) is 46.0 Å². The average molecular weight is 775 g/mol. The van der Waals surface area contributed by atoms with Crippen LogP contribution in [0.25, 0.3) is 78.3 Å². The van der Waals surface area contributed by atoms with Crippen molar-refractivity contribution < 1.29 is 5.11 Å². The molecule has 0 atom stereocenters. The molecule has 0 fully saturated rings. The lowest BCUT2D eigenvalue weighted by atomic mass is 9.84. The maximum absolute atomic E-state index is 11.9. The van der Waals surface area contributed by atoms with Gasteiger partial charge in [-0.2, -0.15) is 0 Å². The summed E-state index contributed by atoms with van der Waals surface area (Å²) in [7, 11) is 0. The summed E-state index contributed by atoms with van der Waals surface area (Å²) in [4.78, 5) is 10.3. The van der Waals surface area contributed by atoms with Crippen molar-refractivity contribution in [3.63, 3.8) is 0 Å². The van der Waals surface area contributed by atoms with Crippen LogP contribution < -0.4 is 0 Å². The number of aromatic nitrogens is 2. The number of nitrogens with zero attached hydrogens (tertiary/aromatic N) is 2. The predicted molar refractivity (Wildman–Crippen MR) is 250 cm³/mol. The van der Waals surface area contributed by atoms with E-state index in [4.69, 9.17) is 9.97 Å². The van der Waals surface area contributed by atoms with Gasteiger partial charge >= 0.3 is 0 Å². The molecule has 0 saturated heterocycles. The van der Waals surface area contributed by atoms with Crippen LogP contribution in [0.2, 0.25) is 0 Å². The second-order valence-electron chi connectivity index (χ2n) is 16.4. The van der Waals surface area contributed by atoms with Gasteiger partial charge in [-0.05, 0) is 122 Å². The standard InChI is InChI=1S/C57H46N2O/c1-57(2,3)52-25-15-24-51(56(52)60)55-38-46(50-23-14-13-22-49(50)43-20-11-6-12-21-43)37-54(59-55)48-34-45(42-28-26-40(27-29-42)32-39-16-7-4-8-17-39)33-47(35-48)53-36-44(30-31-58-53)41-18-9-5-10-19-41/h4-31,33-38,60H,32H2,1-3H3. The van der Waals surface area contributed by atoms with Crippen LogP contribution in [0.5, 0.6) is 5.75 Å². The molecule has 9 rings (SSSR count). The van der Waals surface area contributed by atoms with Crippen molar-refractivity contribution in [3.8, 4) is 84.0 Å². The van der Waals surface area contributed by atoms with E-state index in [1.165, 1.54) is 11.1 Å². The molecule has 0 bridgehead atoms. The molecule has 9 aromatic rings. The third kappa shape index (κ3) is 8.16. The highest BCUT2D eigenvalue weighted by atomic mass is 16.3. The van der Waals surface area contributed by atoms with Crippen LogP contribution in [0.15, 0.2) is 206 Å². The van der Waals surface area contributed by atoms with E-state index in [1.54, 1.807) is 0 Å². The highest BCUT2D eigenvalue weighted by Crippen LogP contribution is 2.42. The van der Waals surface area contributed by atoms with Gasteiger partial charge in [-0.25, -0.2) is 4.98 Å². The van der Waals surface area contributed by atoms with Crippen molar-refractivity contribution in [2.45, 2.75) is 32.6 Å². The number of hydrogen-bond donors (Lipinski definition) is 1. The van der Waals surface area contributed by atoms with E-state index in [1.807, 2.05) is 36.5 Å². The van der Waals surface area contributed by atoms with Crippen LogP contribution in [0.4, 0.5) is 0 Å². The van der Waals surface area contributed by atoms with Gasteiger partial charge in [-0.15, -0.1) is 0 Å². The summed E-state index contributed by atoms with van der Waals surface area (Å²) in [5, 5.41) is 11.9. The van der Waals surface area contributed by atoms with Crippen LogP contribution in [-0.2, 0) is 11.8 Å². The summed E-state index contributed by atoms with van der Waals surface area (Å²) in [5.74, 6) is 0.254. The van der Waals surface area contributed by atoms with E-state index in [0.717, 1.165) is 79.0 Å². The van der Waals surface area contributed by atoms with Gasteiger partial charge in [0, 0.05) is 22.9 Å². The smallest absolute Gasteiger partial charge is 0.128 e. The van der Waals surface area contributed by atoms with Gasteiger partial charge in [-0.1, -0.05) is 172 Å². The number of para-hydroxylation sites is 1. The minimum atomic E-state index is -0.262. The Morgan fingerprint density at radius 2 is 0.900 bits per heavy atom. The molecule has 0 aliphatic rings. The molecule has 0 aliphatic heterocycles. The summed E-state index contributed by atoms with van der Waals surface area (Å²) >= 11 is 0. The minimum absolute atomic E-state index is 0.254. The van der Waals surface area contributed by atoms with E-state index in [9.17, 15) is 5.11 Å². The number of benzene rings is 7. The summed E-state index contributed by atoms with van der Waals surface area (Å²) in [6.45, 7) is 6.37. The maximum Gasteiger partial charge on any atom is 0.128 e. The normalized spacial score (nSPS) is 11.4. The number of hydrogen-bond acceptors (Lipinski definition) is 3. The second-order valence-corrected chi connectivity index (χ2v) is 16.4. The Morgan fingerprint density at radius 3 is 1.58 bits per heavy atom. The summed E-state index contributed by atoms with van der Waals surface area (Å²) in [6.07, 6.45) is 2.76. The third-order valence-corrected chi connectivity index (χ3v) is 11.2. The molecule has 0 spiro atoms. The van der Waals surface area contributed by atoms with Crippen molar-refractivity contribution >= 4 is 0 Å². The number of pyridine rings is 2. The molecule has 0 amide bonds. The van der Waals surface area contributed by atoms with Crippen LogP contribution in [0, 0.1) is 0 Å². The van der Waals surface area contributed by atoms with Gasteiger partial charge in [-0.3, -0.25) is 4.98 Å². The molecule has 0 saturated carbocycles.